The van der Waals surface area contributed by atoms with Gasteiger partial charge in [0.2, 0.25) is 0 Å². The van der Waals surface area contributed by atoms with Gasteiger partial charge >= 0.3 is 5.97 Å². The van der Waals surface area contributed by atoms with Crippen LogP contribution in [0.3, 0.4) is 0 Å². The highest BCUT2D eigenvalue weighted by Gasteiger charge is 2.41. The predicted molar refractivity (Wildman–Crippen MR) is 76.3 cm³/mol. The number of carbonyl (C=O) groups excluding carboxylic acids is 1. The summed E-state index contributed by atoms with van der Waals surface area (Å²) in [7, 11) is 1.43. The smallest absolute Gasteiger partial charge is 0.348 e. The molecule has 3 heterocycles. The van der Waals surface area contributed by atoms with Gasteiger partial charge in [-0.3, -0.25) is 0 Å². The molecule has 0 atom stereocenters. The number of hydrogen-bond acceptors (Lipinski definition) is 5. The Morgan fingerprint density at radius 2 is 2.21 bits per heavy atom. The minimum absolute atomic E-state index is 0. The van der Waals surface area contributed by atoms with Gasteiger partial charge in [0.25, 0.3) is 0 Å². The Labute approximate surface area is 122 Å². The fourth-order valence-electron chi connectivity index (χ4n) is 2.83. The lowest BCUT2D eigenvalue weighted by Gasteiger charge is -2.40. The first-order valence-electron chi connectivity index (χ1n) is 6.31. The zero-order chi connectivity index (χ0) is 12.6. The van der Waals surface area contributed by atoms with E-state index >= 15 is 0 Å². The van der Waals surface area contributed by atoms with Crippen LogP contribution < -0.4 is 5.32 Å². The molecule has 1 aromatic heterocycles. The lowest BCUT2D eigenvalue weighted by molar-refractivity contribution is -0.0771. The van der Waals surface area contributed by atoms with E-state index in [1.165, 1.54) is 17.6 Å². The highest BCUT2D eigenvalue weighted by atomic mass is 35.5. The molecular weight excluding hydrogens is 286 g/mol. The van der Waals surface area contributed by atoms with Crippen molar-refractivity contribution >= 4 is 29.7 Å². The number of halogens is 1. The van der Waals surface area contributed by atoms with Gasteiger partial charge in [0, 0.05) is 4.88 Å². The monoisotopic (exact) mass is 303 g/mol. The van der Waals surface area contributed by atoms with Gasteiger partial charge in [-0.2, -0.15) is 0 Å². The van der Waals surface area contributed by atoms with Gasteiger partial charge in [0.1, 0.15) is 10.5 Å². The number of esters is 1. The summed E-state index contributed by atoms with van der Waals surface area (Å²) in [5, 5.41) is 3.36. The molecule has 1 spiro atoms. The van der Waals surface area contributed by atoms with E-state index < -0.39 is 0 Å². The molecule has 19 heavy (non-hydrogen) atoms. The quantitative estimate of drug-likeness (QED) is 0.807. The number of fused-ring (bicyclic) bond motifs is 2. The highest BCUT2D eigenvalue weighted by Crippen LogP contribution is 2.44. The van der Waals surface area contributed by atoms with Crippen LogP contribution in [0.4, 0.5) is 0 Å². The Morgan fingerprint density at radius 1 is 1.47 bits per heavy atom. The van der Waals surface area contributed by atoms with Crippen LogP contribution in [0.5, 0.6) is 0 Å². The summed E-state index contributed by atoms with van der Waals surface area (Å²) in [6, 6.07) is 1.98. The number of piperidine rings is 1. The average Bonchev–Trinajstić information content (AvgIpc) is 2.85. The van der Waals surface area contributed by atoms with Crippen LogP contribution in [0, 0.1) is 0 Å². The van der Waals surface area contributed by atoms with Crippen molar-refractivity contribution in [3.8, 4) is 0 Å². The van der Waals surface area contributed by atoms with Gasteiger partial charge in [-0.05, 0) is 44.0 Å². The molecule has 0 bridgehead atoms. The van der Waals surface area contributed by atoms with Crippen molar-refractivity contribution in [2.24, 2.45) is 0 Å². The maximum Gasteiger partial charge on any atom is 0.348 e. The molecule has 6 heteroatoms. The molecule has 3 rings (SSSR count). The van der Waals surface area contributed by atoms with E-state index in [1.807, 2.05) is 6.07 Å². The van der Waals surface area contributed by atoms with Crippen LogP contribution in [-0.2, 0) is 21.5 Å². The van der Waals surface area contributed by atoms with E-state index in [2.05, 4.69) is 5.32 Å². The van der Waals surface area contributed by atoms with E-state index in [0.29, 0.717) is 4.88 Å². The second-order valence-electron chi connectivity index (χ2n) is 4.80. The molecule has 106 valence electrons. The Balaban J connectivity index is 0.00000133. The molecule has 4 nitrogen and oxygen atoms in total. The third-order valence-corrected chi connectivity index (χ3v) is 5.11. The number of nitrogens with one attached hydrogen (secondary N) is 1. The van der Waals surface area contributed by atoms with Crippen molar-refractivity contribution in [1.29, 1.82) is 0 Å². The number of methoxy groups -OCH3 is 1. The Kier molecular flexibility index (Phi) is 4.50. The zero-order valence-corrected chi connectivity index (χ0v) is 12.5. The Bertz CT molecular complexity index is 468. The molecule has 0 unspecified atom stereocenters. The summed E-state index contributed by atoms with van der Waals surface area (Å²) in [6.45, 7) is 2.71. The average molecular weight is 304 g/mol. The first-order chi connectivity index (χ1) is 8.75. The third-order valence-electron chi connectivity index (χ3n) is 3.77. The van der Waals surface area contributed by atoms with E-state index in [0.717, 1.165) is 39.0 Å². The SMILES string of the molecule is COC(=O)c1cc2c(s1)C1(CCNCC1)OCC2.Cl. The van der Waals surface area contributed by atoms with Crippen molar-refractivity contribution < 1.29 is 14.3 Å². The van der Waals surface area contributed by atoms with Crippen LogP contribution in [-0.4, -0.2) is 32.8 Å². The minimum atomic E-state index is -0.238. The zero-order valence-electron chi connectivity index (χ0n) is 10.9. The number of hydrogen-bond donors (Lipinski definition) is 1. The van der Waals surface area contributed by atoms with Crippen molar-refractivity contribution in [3.63, 3.8) is 0 Å². The van der Waals surface area contributed by atoms with Crippen molar-refractivity contribution in [2.75, 3.05) is 26.8 Å². The van der Waals surface area contributed by atoms with Gasteiger partial charge in [-0.15, -0.1) is 23.7 Å². The normalized spacial score (nSPS) is 20.5. The highest BCUT2D eigenvalue weighted by molar-refractivity contribution is 7.14. The number of ether oxygens (including phenoxy) is 2. The van der Waals surface area contributed by atoms with E-state index in [9.17, 15) is 4.79 Å². The molecular formula is C13H18ClNO3S. The molecule has 1 N–H and O–H groups in total. The lowest BCUT2D eigenvalue weighted by Crippen LogP contribution is -2.43. The summed E-state index contributed by atoms with van der Waals surface area (Å²) in [5.74, 6) is -0.238. The first kappa shape index (κ1) is 14.8. The Morgan fingerprint density at radius 3 is 2.89 bits per heavy atom. The van der Waals surface area contributed by atoms with Gasteiger partial charge in [0.15, 0.2) is 0 Å². The van der Waals surface area contributed by atoms with Crippen LogP contribution in [0.2, 0.25) is 0 Å². The molecule has 0 amide bonds. The maximum atomic E-state index is 11.6. The van der Waals surface area contributed by atoms with Crippen LogP contribution in [0.25, 0.3) is 0 Å². The fraction of sp³-hybridized carbons (Fsp3) is 0.615. The fourth-order valence-corrected chi connectivity index (χ4v) is 4.15. The molecule has 0 saturated carbocycles. The summed E-state index contributed by atoms with van der Waals surface area (Å²) >= 11 is 1.55. The van der Waals surface area contributed by atoms with Crippen molar-refractivity contribution in [2.45, 2.75) is 24.9 Å². The number of thiophene rings is 1. The van der Waals surface area contributed by atoms with Gasteiger partial charge in [-0.1, -0.05) is 0 Å². The van der Waals surface area contributed by atoms with Gasteiger partial charge < -0.3 is 14.8 Å². The van der Waals surface area contributed by atoms with Crippen LogP contribution >= 0.6 is 23.7 Å². The molecule has 1 saturated heterocycles. The third kappa shape index (κ3) is 2.52. The largest absolute Gasteiger partial charge is 0.465 e. The number of rotatable bonds is 1. The lowest BCUT2D eigenvalue weighted by atomic mass is 9.86. The summed E-state index contributed by atoms with van der Waals surface area (Å²) < 4.78 is 10.9. The molecule has 2 aliphatic heterocycles. The Hall–Kier alpha value is -0.620. The summed E-state index contributed by atoms with van der Waals surface area (Å²) in [6.07, 6.45) is 2.88. The molecule has 1 aromatic rings. The van der Waals surface area contributed by atoms with Gasteiger partial charge in [0.05, 0.1) is 13.7 Å². The second-order valence-corrected chi connectivity index (χ2v) is 5.85. The van der Waals surface area contributed by atoms with E-state index in [-0.39, 0.29) is 24.0 Å². The molecule has 1 fully saturated rings. The topological polar surface area (TPSA) is 47.6 Å². The summed E-state index contributed by atoms with van der Waals surface area (Å²) in [5.41, 5.74) is 1.11. The minimum Gasteiger partial charge on any atom is -0.465 e. The van der Waals surface area contributed by atoms with Crippen molar-refractivity contribution in [3.05, 3.63) is 21.4 Å². The maximum absolute atomic E-state index is 11.6. The van der Waals surface area contributed by atoms with E-state index in [1.54, 1.807) is 11.3 Å². The second kappa shape index (κ2) is 5.79. The standard InChI is InChI=1S/C13H17NO3S.ClH/c1-16-12(15)10-8-9-2-7-17-13(11(9)18-10)3-5-14-6-4-13;/h8,14H,2-7H2,1H3;1H. The molecule has 2 aliphatic rings. The first-order valence-corrected chi connectivity index (χ1v) is 7.13. The predicted octanol–water partition coefficient (Wildman–Crippen LogP) is 2.11. The summed E-state index contributed by atoms with van der Waals surface area (Å²) in [4.78, 5) is 13.6. The molecule has 0 radical (unpaired) electrons. The van der Waals surface area contributed by atoms with E-state index in [4.69, 9.17) is 9.47 Å². The molecule has 0 aliphatic carbocycles. The van der Waals surface area contributed by atoms with Crippen LogP contribution in [0.15, 0.2) is 6.07 Å². The molecule has 0 aromatic carbocycles. The van der Waals surface area contributed by atoms with Gasteiger partial charge in [-0.25, -0.2) is 4.79 Å². The van der Waals surface area contributed by atoms with Crippen molar-refractivity contribution in [1.82, 2.24) is 5.32 Å². The van der Waals surface area contributed by atoms with Crippen LogP contribution in [0.1, 0.15) is 33.0 Å². The number of carbonyl (C=O) groups is 1.